The van der Waals surface area contributed by atoms with Crippen LogP contribution < -0.4 is 10.2 Å². The van der Waals surface area contributed by atoms with Gasteiger partial charge in [0.15, 0.2) is 5.78 Å². The van der Waals surface area contributed by atoms with Crippen molar-refractivity contribution in [2.75, 3.05) is 24.5 Å². The van der Waals surface area contributed by atoms with Gasteiger partial charge in [0.05, 0.1) is 18.5 Å². The van der Waals surface area contributed by atoms with E-state index in [1.54, 1.807) is 6.92 Å². The second kappa shape index (κ2) is 6.35. The Kier molecular flexibility index (Phi) is 4.53. The Labute approximate surface area is 114 Å². The number of carbonyl (C=O) groups is 1. The quantitative estimate of drug-likeness (QED) is 0.841. The summed E-state index contributed by atoms with van der Waals surface area (Å²) < 4.78 is 0. The van der Waals surface area contributed by atoms with Gasteiger partial charge in [0, 0.05) is 24.3 Å². The van der Waals surface area contributed by atoms with Crippen molar-refractivity contribution in [3.05, 3.63) is 29.8 Å². The molecule has 0 bridgehead atoms. The summed E-state index contributed by atoms with van der Waals surface area (Å²) in [7, 11) is 0. The molecule has 1 saturated heterocycles. The van der Waals surface area contributed by atoms with Gasteiger partial charge < -0.3 is 10.2 Å². The van der Waals surface area contributed by atoms with Gasteiger partial charge in [-0.25, -0.2) is 0 Å². The topological polar surface area (TPSA) is 56.1 Å². The summed E-state index contributed by atoms with van der Waals surface area (Å²) in [5.41, 5.74) is 1.77. The Morgan fingerprint density at radius 2 is 2.42 bits per heavy atom. The Balaban J connectivity index is 2.28. The molecule has 0 spiro atoms. The molecule has 1 heterocycles. The van der Waals surface area contributed by atoms with Crippen LogP contribution in [0.1, 0.15) is 30.1 Å². The van der Waals surface area contributed by atoms with Crippen molar-refractivity contribution in [3.63, 3.8) is 0 Å². The molecule has 4 heteroatoms. The SMILES string of the molecule is CC(=O)c1cccc(N2CCCNCC2CC#N)c1. The molecule has 2 rings (SSSR count). The molecule has 0 saturated carbocycles. The van der Waals surface area contributed by atoms with Crippen LogP contribution in [0.25, 0.3) is 0 Å². The second-order valence-electron chi connectivity index (χ2n) is 4.87. The highest BCUT2D eigenvalue weighted by molar-refractivity contribution is 5.95. The van der Waals surface area contributed by atoms with Crippen LogP contribution in [0.4, 0.5) is 5.69 Å². The number of nitriles is 1. The van der Waals surface area contributed by atoms with Crippen molar-refractivity contribution in [3.8, 4) is 6.07 Å². The Hall–Kier alpha value is -1.86. The molecular weight excluding hydrogens is 238 g/mol. The van der Waals surface area contributed by atoms with Gasteiger partial charge in [0.1, 0.15) is 0 Å². The molecule has 1 unspecified atom stereocenters. The normalized spacial score (nSPS) is 19.6. The maximum atomic E-state index is 11.5. The average molecular weight is 257 g/mol. The van der Waals surface area contributed by atoms with Crippen molar-refractivity contribution in [2.24, 2.45) is 0 Å². The van der Waals surface area contributed by atoms with Gasteiger partial charge >= 0.3 is 0 Å². The standard InChI is InChI=1S/C15H19N3O/c1-12(19)13-4-2-5-14(10-13)18-9-3-8-17-11-15(18)6-7-16/h2,4-5,10,15,17H,3,6,8-9,11H2,1H3. The lowest BCUT2D eigenvalue weighted by Gasteiger charge is -2.30. The van der Waals surface area contributed by atoms with Crippen molar-refractivity contribution in [1.29, 1.82) is 5.26 Å². The summed E-state index contributed by atoms with van der Waals surface area (Å²) in [6.45, 7) is 4.29. The zero-order valence-electron chi connectivity index (χ0n) is 11.2. The predicted molar refractivity (Wildman–Crippen MR) is 75.3 cm³/mol. The second-order valence-corrected chi connectivity index (χ2v) is 4.87. The molecule has 1 aliphatic heterocycles. The van der Waals surface area contributed by atoms with Crippen LogP contribution in [0.2, 0.25) is 0 Å². The van der Waals surface area contributed by atoms with Crippen molar-refractivity contribution < 1.29 is 4.79 Å². The maximum Gasteiger partial charge on any atom is 0.159 e. The van der Waals surface area contributed by atoms with E-state index in [0.29, 0.717) is 6.42 Å². The fourth-order valence-electron chi connectivity index (χ4n) is 2.47. The number of ketones is 1. The smallest absolute Gasteiger partial charge is 0.159 e. The monoisotopic (exact) mass is 257 g/mol. The van der Waals surface area contributed by atoms with E-state index in [2.05, 4.69) is 16.3 Å². The highest BCUT2D eigenvalue weighted by atomic mass is 16.1. The van der Waals surface area contributed by atoms with Crippen molar-refractivity contribution in [1.82, 2.24) is 5.32 Å². The number of anilines is 1. The van der Waals surface area contributed by atoms with Gasteiger partial charge in [0.2, 0.25) is 0 Å². The van der Waals surface area contributed by atoms with Crippen LogP contribution in [-0.4, -0.2) is 31.5 Å². The molecule has 19 heavy (non-hydrogen) atoms. The average Bonchev–Trinajstić information content (AvgIpc) is 2.65. The summed E-state index contributed by atoms with van der Waals surface area (Å²) >= 11 is 0. The molecule has 0 aromatic heterocycles. The summed E-state index contributed by atoms with van der Waals surface area (Å²) in [5, 5.41) is 12.3. The maximum absolute atomic E-state index is 11.5. The van der Waals surface area contributed by atoms with Gasteiger partial charge in [0.25, 0.3) is 0 Å². The molecule has 1 aromatic rings. The minimum absolute atomic E-state index is 0.0756. The largest absolute Gasteiger partial charge is 0.366 e. The van der Waals surface area contributed by atoms with E-state index in [1.807, 2.05) is 24.3 Å². The first-order chi connectivity index (χ1) is 9.22. The summed E-state index contributed by atoms with van der Waals surface area (Å²) in [6.07, 6.45) is 1.55. The van der Waals surface area contributed by atoms with E-state index < -0.39 is 0 Å². The Morgan fingerprint density at radius 3 is 3.16 bits per heavy atom. The first-order valence-corrected chi connectivity index (χ1v) is 6.67. The number of nitrogens with zero attached hydrogens (tertiary/aromatic N) is 2. The fraction of sp³-hybridized carbons (Fsp3) is 0.467. The number of carbonyl (C=O) groups excluding carboxylic acids is 1. The number of rotatable bonds is 3. The van der Waals surface area contributed by atoms with Crippen LogP contribution in [0.15, 0.2) is 24.3 Å². The van der Waals surface area contributed by atoms with Gasteiger partial charge in [-0.15, -0.1) is 0 Å². The van der Waals surface area contributed by atoms with Crippen molar-refractivity contribution in [2.45, 2.75) is 25.8 Å². The number of nitrogens with one attached hydrogen (secondary N) is 1. The lowest BCUT2D eigenvalue weighted by molar-refractivity contribution is 0.101. The van der Waals surface area contributed by atoms with Crippen molar-refractivity contribution >= 4 is 11.5 Å². The number of hydrogen-bond acceptors (Lipinski definition) is 4. The molecule has 100 valence electrons. The van der Waals surface area contributed by atoms with Gasteiger partial charge in [-0.3, -0.25) is 4.79 Å². The number of Topliss-reactive ketones (excluding diaryl/α,β-unsaturated/α-hetero) is 1. The Bertz CT molecular complexity index is 492. The molecule has 0 radical (unpaired) electrons. The first-order valence-electron chi connectivity index (χ1n) is 6.67. The highest BCUT2D eigenvalue weighted by Gasteiger charge is 2.21. The van der Waals surface area contributed by atoms with Crippen LogP contribution in [0.3, 0.4) is 0 Å². The third-order valence-electron chi connectivity index (χ3n) is 3.48. The number of benzene rings is 1. The predicted octanol–water partition coefficient (Wildman–Crippen LogP) is 1.97. The molecule has 1 fully saturated rings. The van der Waals surface area contributed by atoms with Gasteiger partial charge in [-0.2, -0.15) is 5.26 Å². The molecule has 0 aliphatic carbocycles. The van der Waals surface area contributed by atoms with E-state index in [1.165, 1.54) is 0 Å². The minimum atomic E-state index is 0.0756. The third-order valence-corrected chi connectivity index (χ3v) is 3.48. The minimum Gasteiger partial charge on any atom is -0.366 e. The van der Waals surface area contributed by atoms with Crippen LogP contribution in [0.5, 0.6) is 0 Å². The van der Waals surface area contributed by atoms with E-state index in [0.717, 1.165) is 37.3 Å². The Morgan fingerprint density at radius 1 is 1.58 bits per heavy atom. The van der Waals surface area contributed by atoms with E-state index >= 15 is 0 Å². The van der Waals surface area contributed by atoms with E-state index in [-0.39, 0.29) is 11.8 Å². The van der Waals surface area contributed by atoms with E-state index in [4.69, 9.17) is 5.26 Å². The summed E-state index contributed by atoms with van der Waals surface area (Å²) in [5.74, 6) is 0.0756. The zero-order chi connectivity index (χ0) is 13.7. The van der Waals surface area contributed by atoms with Gasteiger partial charge in [-0.05, 0) is 32.0 Å². The lowest BCUT2D eigenvalue weighted by Crippen LogP contribution is -2.39. The van der Waals surface area contributed by atoms with Crippen LogP contribution in [-0.2, 0) is 0 Å². The molecule has 1 atom stereocenters. The lowest BCUT2D eigenvalue weighted by atomic mass is 10.1. The first kappa shape index (κ1) is 13.6. The number of hydrogen-bond donors (Lipinski definition) is 1. The fourth-order valence-corrected chi connectivity index (χ4v) is 2.47. The highest BCUT2D eigenvalue weighted by Crippen LogP contribution is 2.21. The summed E-state index contributed by atoms with van der Waals surface area (Å²) in [4.78, 5) is 13.7. The molecule has 1 N–H and O–H groups in total. The van der Waals surface area contributed by atoms with Crippen LogP contribution in [0, 0.1) is 11.3 Å². The molecule has 0 amide bonds. The van der Waals surface area contributed by atoms with Crippen LogP contribution >= 0.6 is 0 Å². The summed E-state index contributed by atoms with van der Waals surface area (Å²) in [6, 6.07) is 10.1. The van der Waals surface area contributed by atoms with E-state index in [9.17, 15) is 4.79 Å². The third kappa shape index (κ3) is 3.33. The molecule has 1 aliphatic rings. The van der Waals surface area contributed by atoms with Gasteiger partial charge in [-0.1, -0.05) is 12.1 Å². The molecule has 1 aromatic carbocycles. The zero-order valence-corrected chi connectivity index (χ0v) is 11.2. The molecular formula is C15H19N3O. The molecule has 4 nitrogen and oxygen atoms in total.